The summed E-state index contributed by atoms with van der Waals surface area (Å²) in [7, 11) is 0. The van der Waals surface area contributed by atoms with Crippen LogP contribution in [-0.2, 0) is 0 Å². The van der Waals surface area contributed by atoms with Gasteiger partial charge in [-0.3, -0.25) is 0 Å². The number of thioether (sulfide) groups is 1. The Morgan fingerprint density at radius 3 is 2.88 bits per heavy atom. The van der Waals surface area contributed by atoms with Crippen LogP contribution in [0, 0.1) is 6.92 Å². The molecule has 1 aromatic heterocycles. The van der Waals surface area contributed by atoms with Crippen molar-refractivity contribution in [1.82, 2.24) is 0 Å². The summed E-state index contributed by atoms with van der Waals surface area (Å²) in [4.78, 5) is 2.37. The van der Waals surface area contributed by atoms with Crippen molar-refractivity contribution in [3.63, 3.8) is 0 Å². The molecule has 2 aromatic rings. The topological polar surface area (TPSA) is 20.2 Å². The van der Waals surface area contributed by atoms with Crippen LogP contribution in [0.2, 0.25) is 0 Å². The lowest BCUT2D eigenvalue weighted by atomic mass is 10.2. The lowest BCUT2D eigenvalue weighted by Crippen LogP contribution is -2.00. The monoisotopic (exact) mass is 328 g/mol. The van der Waals surface area contributed by atoms with Gasteiger partial charge in [-0.2, -0.15) is 0 Å². The molecule has 0 amide bonds. The van der Waals surface area contributed by atoms with E-state index in [-0.39, 0.29) is 6.10 Å². The molecule has 0 saturated heterocycles. The molecule has 1 aromatic carbocycles. The summed E-state index contributed by atoms with van der Waals surface area (Å²) in [5.41, 5.74) is 1.05. The van der Waals surface area contributed by atoms with E-state index in [1.54, 1.807) is 23.1 Å². The lowest BCUT2D eigenvalue weighted by Gasteiger charge is -2.10. The van der Waals surface area contributed by atoms with Gasteiger partial charge in [0.05, 0.1) is 6.10 Å². The second-order valence-corrected chi connectivity index (χ2v) is 6.85. The zero-order valence-electron chi connectivity index (χ0n) is 9.39. The highest BCUT2D eigenvalue weighted by atomic mass is 79.9. The van der Waals surface area contributed by atoms with E-state index in [4.69, 9.17) is 0 Å². The van der Waals surface area contributed by atoms with Crippen LogP contribution < -0.4 is 0 Å². The van der Waals surface area contributed by atoms with Gasteiger partial charge in [-0.25, -0.2) is 0 Å². The van der Waals surface area contributed by atoms with Gasteiger partial charge in [-0.05, 0) is 42.1 Å². The Morgan fingerprint density at radius 2 is 2.24 bits per heavy atom. The molecule has 0 aliphatic heterocycles. The minimum absolute atomic E-state index is 0.384. The third-order valence-electron chi connectivity index (χ3n) is 2.46. The van der Waals surface area contributed by atoms with Crippen LogP contribution in [0.3, 0.4) is 0 Å². The molecule has 2 rings (SSSR count). The highest BCUT2D eigenvalue weighted by molar-refractivity contribution is 9.10. The van der Waals surface area contributed by atoms with Gasteiger partial charge in [-0.15, -0.1) is 23.1 Å². The Bertz CT molecular complexity index is 496. The van der Waals surface area contributed by atoms with Crippen LogP contribution >= 0.6 is 39.0 Å². The van der Waals surface area contributed by atoms with Gasteiger partial charge >= 0.3 is 0 Å². The molecule has 0 radical (unpaired) electrons. The number of aliphatic hydroxyl groups is 1. The third-order valence-corrected chi connectivity index (χ3v) is 4.89. The molecular weight excluding hydrogens is 316 g/mol. The first-order valence-corrected chi connectivity index (χ1v) is 7.93. The van der Waals surface area contributed by atoms with Crippen molar-refractivity contribution in [2.75, 3.05) is 5.75 Å². The number of benzene rings is 1. The summed E-state index contributed by atoms with van der Waals surface area (Å²) in [6.45, 7) is 2.05. The molecule has 1 heterocycles. The first-order chi connectivity index (χ1) is 8.16. The van der Waals surface area contributed by atoms with Gasteiger partial charge in [0.1, 0.15) is 0 Å². The minimum atomic E-state index is -0.384. The normalized spacial score (nSPS) is 12.6. The molecule has 17 heavy (non-hydrogen) atoms. The van der Waals surface area contributed by atoms with Crippen LogP contribution in [0.1, 0.15) is 16.5 Å². The Kier molecular flexibility index (Phi) is 4.68. The van der Waals surface area contributed by atoms with E-state index in [0.29, 0.717) is 5.75 Å². The fourth-order valence-corrected chi connectivity index (χ4v) is 3.79. The SMILES string of the molecule is Cc1sccc1C(O)CSc1cccc(Br)c1. The maximum absolute atomic E-state index is 10.1. The first kappa shape index (κ1) is 13.1. The smallest absolute Gasteiger partial charge is 0.0894 e. The molecule has 0 saturated carbocycles. The quantitative estimate of drug-likeness (QED) is 0.824. The molecule has 1 unspecified atom stereocenters. The van der Waals surface area contributed by atoms with Crippen LogP contribution in [0.25, 0.3) is 0 Å². The van der Waals surface area contributed by atoms with Gasteiger partial charge in [0, 0.05) is 20.0 Å². The number of rotatable bonds is 4. The number of hydrogen-bond acceptors (Lipinski definition) is 3. The molecule has 1 nitrogen and oxygen atoms in total. The van der Waals surface area contributed by atoms with Crippen LogP contribution in [0.5, 0.6) is 0 Å². The Hall–Kier alpha value is -0.290. The first-order valence-electron chi connectivity index (χ1n) is 5.27. The number of hydrogen-bond donors (Lipinski definition) is 1. The predicted octanol–water partition coefficient (Wildman–Crippen LogP) is 4.64. The molecule has 1 atom stereocenters. The summed E-state index contributed by atoms with van der Waals surface area (Å²) >= 11 is 6.80. The van der Waals surface area contributed by atoms with Crippen molar-refractivity contribution in [3.8, 4) is 0 Å². The van der Waals surface area contributed by atoms with Crippen molar-refractivity contribution in [2.45, 2.75) is 17.9 Å². The van der Waals surface area contributed by atoms with E-state index in [1.165, 1.54) is 9.77 Å². The van der Waals surface area contributed by atoms with E-state index in [2.05, 4.69) is 28.1 Å². The fourth-order valence-electron chi connectivity index (χ4n) is 1.56. The molecule has 90 valence electrons. The zero-order valence-corrected chi connectivity index (χ0v) is 12.6. The van der Waals surface area contributed by atoms with Gasteiger partial charge < -0.3 is 5.11 Å². The minimum Gasteiger partial charge on any atom is -0.387 e. The Morgan fingerprint density at radius 1 is 1.41 bits per heavy atom. The average Bonchev–Trinajstić information content (AvgIpc) is 2.72. The van der Waals surface area contributed by atoms with E-state index < -0.39 is 0 Å². The van der Waals surface area contributed by atoms with Crippen molar-refractivity contribution in [1.29, 1.82) is 0 Å². The highest BCUT2D eigenvalue weighted by Gasteiger charge is 2.11. The van der Waals surface area contributed by atoms with E-state index in [1.807, 2.05) is 30.5 Å². The molecule has 0 spiro atoms. The Balaban J connectivity index is 1.97. The van der Waals surface area contributed by atoms with Crippen molar-refractivity contribution >= 4 is 39.0 Å². The van der Waals surface area contributed by atoms with Gasteiger partial charge in [0.2, 0.25) is 0 Å². The summed E-state index contributed by atoms with van der Waals surface area (Å²) in [6.07, 6.45) is -0.384. The molecule has 0 fully saturated rings. The number of aryl methyl sites for hydroxylation is 1. The predicted molar refractivity (Wildman–Crippen MR) is 78.9 cm³/mol. The molecule has 0 aliphatic carbocycles. The maximum atomic E-state index is 10.1. The molecule has 0 aliphatic rings. The molecular formula is C13H13BrOS2. The number of aliphatic hydroxyl groups excluding tert-OH is 1. The van der Waals surface area contributed by atoms with Gasteiger partial charge in [0.15, 0.2) is 0 Å². The third kappa shape index (κ3) is 3.58. The zero-order chi connectivity index (χ0) is 12.3. The average molecular weight is 329 g/mol. The molecule has 4 heteroatoms. The van der Waals surface area contributed by atoms with E-state index in [9.17, 15) is 5.11 Å². The highest BCUT2D eigenvalue weighted by Crippen LogP contribution is 2.29. The maximum Gasteiger partial charge on any atom is 0.0894 e. The van der Waals surface area contributed by atoms with Crippen molar-refractivity contribution in [3.05, 3.63) is 50.6 Å². The molecule has 1 N–H and O–H groups in total. The largest absolute Gasteiger partial charge is 0.387 e. The second kappa shape index (κ2) is 6.05. The Labute approximate surface area is 118 Å². The number of halogens is 1. The fraction of sp³-hybridized carbons (Fsp3) is 0.231. The van der Waals surface area contributed by atoms with Crippen LogP contribution in [0.4, 0.5) is 0 Å². The summed E-state index contributed by atoms with van der Waals surface area (Å²) < 4.78 is 1.07. The second-order valence-electron chi connectivity index (χ2n) is 3.72. The summed E-state index contributed by atoms with van der Waals surface area (Å²) in [6, 6.07) is 10.1. The van der Waals surface area contributed by atoms with Crippen molar-refractivity contribution < 1.29 is 5.11 Å². The van der Waals surface area contributed by atoms with E-state index >= 15 is 0 Å². The van der Waals surface area contributed by atoms with Gasteiger partial charge in [-0.1, -0.05) is 22.0 Å². The van der Waals surface area contributed by atoms with Gasteiger partial charge in [0.25, 0.3) is 0 Å². The number of thiophene rings is 1. The standard InChI is InChI=1S/C13H13BrOS2/c1-9-12(5-6-16-9)13(15)8-17-11-4-2-3-10(14)7-11/h2-7,13,15H,8H2,1H3. The summed E-state index contributed by atoms with van der Waals surface area (Å²) in [5.74, 6) is 0.689. The summed E-state index contributed by atoms with van der Waals surface area (Å²) in [5, 5.41) is 12.1. The lowest BCUT2D eigenvalue weighted by molar-refractivity contribution is 0.204. The molecule has 0 bridgehead atoms. The van der Waals surface area contributed by atoms with Crippen LogP contribution in [-0.4, -0.2) is 10.9 Å². The van der Waals surface area contributed by atoms with E-state index in [0.717, 1.165) is 10.0 Å². The van der Waals surface area contributed by atoms with Crippen LogP contribution in [0.15, 0.2) is 45.1 Å². The van der Waals surface area contributed by atoms with Crippen molar-refractivity contribution in [2.24, 2.45) is 0 Å².